The molecule has 0 bridgehead atoms. The number of hydrogen-bond acceptors (Lipinski definition) is 2. The van der Waals surface area contributed by atoms with Gasteiger partial charge in [0, 0.05) is 24.5 Å². The van der Waals surface area contributed by atoms with Crippen LogP contribution in [0.25, 0.3) is 33.2 Å². The van der Waals surface area contributed by atoms with Gasteiger partial charge in [-0.25, -0.2) is 0 Å². The summed E-state index contributed by atoms with van der Waals surface area (Å²) >= 11 is 0. The molecule has 2 atom stereocenters. The van der Waals surface area contributed by atoms with Gasteiger partial charge in [0.15, 0.2) is 0 Å². The number of amides is 2. The standard InChI is InChI=1S/C23H13NO2/c1-24-22(25)20-13-8-6-11-4-2-10-3-5-12-7-9-14(21(20)23(24)26)19-17(12)15(10)16(11)18(13)19/h2-9,13,18H,1H3/t13-,18?/m0/s1. The normalized spacial score (nSPS) is 24.1. The third-order valence-corrected chi connectivity index (χ3v) is 6.67. The molecule has 7 rings (SSSR count). The Balaban J connectivity index is 1.76. The van der Waals surface area contributed by atoms with E-state index in [9.17, 15) is 9.59 Å². The number of rotatable bonds is 0. The summed E-state index contributed by atoms with van der Waals surface area (Å²) in [7, 11) is 1.59. The summed E-state index contributed by atoms with van der Waals surface area (Å²) in [6, 6.07) is 12.9. The van der Waals surface area contributed by atoms with E-state index < -0.39 is 0 Å². The van der Waals surface area contributed by atoms with Gasteiger partial charge in [-0.15, -0.1) is 0 Å². The fourth-order valence-corrected chi connectivity index (χ4v) is 5.64. The van der Waals surface area contributed by atoms with E-state index >= 15 is 0 Å². The average molecular weight is 335 g/mol. The van der Waals surface area contributed by atoms with Crippen molar-refractivity contribution in [2.45, 2.75) is 5.92 Å². The van der Waals surface area contributed by atoms with Crippen molar-refractivity contribution in [1.29, 1.82) is 0 Å². The number of imide groups is 1. The largest absolute Gasteiger partial charge is 0.278 e. The molecule has 0 N–H and O–H groups in total. The van der Waals surface area contributed by atoms with Crippen LogP contribution in [0.4, 0.5) is 0 Å². The number of benzene rings is 3. The van der Waals surface area contributed by atoms with Gasteiger partial charge in [-0.05, 0) is 43.8 Å². The molecular weight excluding hydrogens is 322 g/mol. The van der Waals surface area contributed by atoms with Gasteiger partial charge in [0.2, 0.25) is 0 Å². The Morgan fingerprint density at radius 1 is 0.846 bits per heavy atom. The van der Waals surface area contributed by atoms with Gasteiger partial charge in [0.25, 0.3) is 11.8 Å². The Bertz CT molecular complexity index is 1340. The molecule has 3 heteroatoms. The second-order valence-corrected chi connectivity index (χ2v) is 7.68. The van der Waals surface area contributed by atoms with Gasteiger partial charge in [-0.2, -0.15) is 0 Å². The van der Waals surface area contributed by atoms with Crippen LogP contribution < -0.4 is 0 Å². The third kappa shape index (κ3) is 1.13. The maximum atomic E-state index is 12.9. The molecule has 0 spiro atoms. The lowest BCUT2D eigenvalue weighted by Gasteiger charge is -2.33. The highest BCUT2D eigenvalue weighted by Crippen LogP contribution is 2.59. The van der Waals surface area contributed by atoms with Crippen molar-refractivity contribution in [3.8, 4) is 0 Å². The van der Waals surface area contributed by atoms with Gasteiger partial charge >= 0.3 is 0 Å². The molecule has 3 aliphatic carbocycles. The minimum absolute atomic E-state index is 0.0463. The van der Waals surface area contributed by atoms with Crippen molar-refractivity contribution in [2.75, 3.05) is 7.05 Å². The van der Waals surface area contributed by atoms with Gasteiger partial charge in [-0.3, -0.25) is 14.5 Å². The van der Waals surface area contributed by atoms with E-state index in [1.54, 1.807) is 7.05 Å². The number of carbonyl (C=O) groups is 2. The maximum absolute atomic E-state index is 12.9. The lowest BCUT2D eigenvalue weighted by molar-refractivity contribution is -0.135. The fourth-order valence-electron chi connectivity index (χ4n) is 5.64. The molecule has 26 heavy (non-hydrogen) atoms. The zero-order valence-electron chi connectivity index (χ0n) is 14.0. The Morgan fingerprint density at radius 2 is 1.54 bits per heavy atom. The Morgan fingerprint density at radius 3 is 2.35 bits per heavy atom. The molecule has 1 aliphatic heterocycles. The zero-order chi connectivity index (χ0) is 17.3. The molecule has 0 radical (unpaired) electrons. The van der Waals surface area contributed by atoms with Gasteiger partial charge in [0.05, 0.1) is 5.57 Å². The van der Waals surface area contributed by atoms with Crippen LogP contribution in [0.2, 0.25) is 0 Å². The summed E-state index contributed by atoms with van der Waals surface area (Å²) in [6.45, 7) is 0. The van der Waals surface area contributed by atoms with Crippen LogP contribution in [0, 0.1) is 5.92 Å². The first-order chi connectivity index (χ1) is 12.7. The molecule has 0 fully saturated rings. The molecule has 0 aromatic heterocycles. The van der Waals surface area contributed by atoms with Crippen molar-refractivity contribution in [2.24, 2.45) is 5.92 Å². The minimum atomic E-state index is -0.165. The first-order valence-electron chi connectivity index (χ1n) is 8.94. The molecule has 122 valence electrons. The second kappa shape index (κ2) is 3.80. The Labute approximate surface area is 149 Å². The van der Waals surface area contributed by atoms with Crippen LogP contribution >= 0.6 is 0 Å². The molecule has 1 heterocycles. The van der Waals surface area contributed by atoms with Crippen LogP contribution in [-0.2, 0) is 9.59 Å². The summed E-state index contributed by atoms with van der Waals surface area (Å²) in [5, 5.41) is 5.04. The van der Waals surface area contributed by atoms with Crippen molar-refractivity contribution in [3.63, 3.8) is 0 Å². The van der Waals surface area contributed by atoms with Gasteiger partial charge in [-0.1, -0.05) is 48.6 Å². The molecule has 4 aliphatic rings. The highest BCUT2D eigenvalue weighted by molar-refractivity contribution is 6.38. The fraction of sp³-hybridized carbons (Fsp3) is 0.130. The van der Waals surface area contributed by atoms with E-state index in [1.807, 2.05) is 6.07 Å². The summed E-state index contributed by atoms with van der Waals surface area (Å²) < 4.78 is 0. The quantitative estimate of drug-likeness (QED) is 0.462. The number of nitrogens with zero attached hydrogens (tertiary/aromatic N) is 1. The number of likely N-dealkylation sites (N-methyl/N-ethyl adjacent to an activating group) is 1. The Hall–Kier alpha value is -3.20. The summed E-state index contributed by atoms with van der Waals surface area (Å²) in [5.74, 6) is -0.204. The Kier molecular flexibility index (Phi) is 1.91. The molecule has 3 nitrogen and oxygen atoms in total. The van der Waals surface area contributed by atoms with Crippen LogP contribution in [0.15, 0.2) is 48.0 Å². The van der Waals surface area contributed by atoms with Crippen molar-refractivity contribution in [1.82, 2.24) is 4.90 Å². The average Bonchev–Trinajstić information content (AvgIpc) is 3.14. The monoisotopic (exact) mass is 335 g/mol. The first kappa shape index (κ1) is 13.1. The topological polar surface area (TPSA) is 37.4 Å². The van der Waals surface area contributed by atoms with E-state index in [4.69, 9.17) is 0 Å². The van der Waals surface area contributed by atoms with Crippen molar-refractivity contribution < 1.29 is 9.59 Å². The van der Waals surface area contributed by atoms with E-state index in [0.29, 0.717) is 11.1 Å². The van der Waals surface area contributed by atoms with Gasteiger partial charge in [0.1, 0.15) is 0 Å². The van der Waals surface area contributed by atoms with Crippen LogP contribution in [0.3, 0.4) is 0 Å². The molecule has 3 aromatic carbocycles. The van der Waals surface area contributed by atoms with Crippen molar-refractivity contribution >= 4 is 45.0 Å². The third-order valence-electron chi connectivity index (χ3n) is 6.67. The van der Waals surface area contributed by atoms with Crippen LogP contribution in [0.5, 0.6) is 0 Å². The minimum Gasteiger partial charge on any atom is -0.278 e. The lowest BCUT2D eigenvalue weighted by Crippen LogP contribution is -2.28. The second-order valence-electron chi connectivity index (χ2n) is 7.68. The number of allylic oxidation sites excluding steroid dienone is 1. The van der Waals surface area contributed by atoms with Crippen molar-refractivity contribution in [3.05, 3.63) is 70.3 Å². The zero-order valence-corrected chi connectivity index (χ0v) is 14.0. The molecular formula is C23H13NO2. The molecule has 3 aromatic rings. The van der Waals surface area contributed by atoms with E-state index in [-0.39, 0.29) is 23.7 Å². The van der Waals surface area contributed by atoms with Gasteiger partial charge < -0.3 is 0 Å². The molecule has 1 unspecified atom stereocenters. The summed E-state index contributed by atoms with van der Waals surface area (Å²) in [5.41, 5.74) is 6.09. The number of carbonyl (C=O) groups excluding carboxylic acids is 2. The van der Waals surface area contributed by atoms with Crippen LogP contribution in [-0.4, -0.2) is 23.8 Å². The van der Waals surface area contributed by atoms with E-state index in [0.717, 1.165) is 5.56 Å². The van der Waals surface area contributed by atoms with E-state index in [2.05, 4.69) is 42.5 Å². The van der Waals surface area contributed by atoms with E-state index in [1.165, 1.54) is 43.1 Å². The number of hydrogen-bond donors (Lipinski definition) is 0. The lowest BCUT2D eigenvalue weighted by atomic mass is 9.68. The maximum Gasteiger partial charge on any atom is 0.261 e. The highest BCUT2D eigenvalue weighted by Gasteiger charge is 2.50. The summed E-state index contributed by atoms with van der Waals surface area (Å²) in [6.07, 6.45) is 4.26. The molecule has 0 saturated carbocycles. The predicted octanol–water partition coefficient (Wildman–Crippen LogP) is 3.85. The predicted molar refractivity (Wildman–Crippen MR) is 101 cm³/mol. The first-order valence-corrected chi connectivity index (χ1v) is 8.94. The number of fused-ring (bicyclic) bond motifs is 2. The highest BCUT2D eigenvalue weighted by atomic mass is 16.2. The smallest absolute Gasteiger partial charge is 0.261 e. The van der Waals surface area contributed by atoms with Crippen LogP contribution in [0.1, 0.15) is 28.2 Å². The molecule has 2 amide bonds. The molecule has 0 saturated heterocycles. The SMILES string of the molecule is CN1C(=O)C2=C(C1=O)[C@H]1C=Cc3ccc4ccc5ccc2c2c5c4c3C21. The summed E-state index contributed by atoms with van der Waals surface area (Å²) in [4.78, 5) is 27.0.